The summed E-state index contributed by atoms with van der Waals surface area (Å²) < 4.78 is 12.3. The molecule has 8 heteroatoms. The van der Waals surface area contributed by atoms with Crippen LogP contribution in [0.1, 0.15) is 28.9 Å². The van der Waals surface area contributed by atoms with E-state index in [-0.39, 0.29) is 19.4 Å². The highest BCUT2D eigenvalue weighted by molar-refractivity contribution is 5.81. The maximum Gasteiger partial charge on any atom is 0.339 e. The number of hydrogen-bond acceptors (Lipinski definition) is 7. The Labute approximate surface area is 172 Å². The van der Waals surface area contributed by atoms with Gasteiger partial charge in [-0.15, -0.1) is 5.10 Å². The second kappa shape index (κ2) is 8.28. The Morgan fingerprint density at radius 1 is 1.13 bits per heavy atom. The van der Waals surface area contributed by atoms with Gasteiger partial charge in [0.25, 0.3) is 0 Å². The molecule has 0 aliphatic rings. The van der Waals surface area contributed by atoms with E-state index in [1.165, 1.54) is 4.68 Å². The highest BCUT2D eigenvalue weighted by atomic mass is 16.5. The summed E-state index contributed by atoms with van der Waals surface area (Å²) in [5.41, 5.74) is 3.22. The summed E-state index contributed by atoms with van der Waals surface area (Å²) in [7, 11) is 0. The first-order valence-electron chi connectivity index (χ1n) is 9.54. The highest BCUT2D eigenvalue weighted by Crippen LogP contribution is 2.21. The van der Waals surface area contributed by atoms with Crippen molar-refractivity contribution in [3.8, 4) is 5.69 Å². The second-order valence-electron chi connectivity index (χ2n) is 7.00. The van der Waals surface area contributed by atoms with E-state index >= 15 is 0 Å². The van der Waals surface area contributed by atoms with Gasteiger partial charge in [0, 0.05) is 17.4 Å². The predicted octanol–water partition coefficient (Wildman–Crippen LogP) is 3.06. The van der Waals surface area contributed by atoms with Crippen LogP contribution in [0.4, 0.5) is 0 Å². The molecule has 0 aliphatic carbocycles. The van der Waals surface area contributed by atoms with Gasteiger partial charge in [0.15, 0.2) is 12.4 Å². The van der Waals surface area contributed by atoms with Gasteiger partial charge < -0.3 is 9.15 Å². The minimum atomic E-state index is -0.444. The van der Waals surface area contributed by atoms with Crippen LogP contribution in [-0.4, -0.2) is 26.2 Å². The molecule has 4 rings (SSSR count). The lowest BCUT2D eigenvalue weighted by atomic mass is 10.0. The van der Waals surface area contributed by atoms with Crippen LogP contribution in [0, 0.1) is 13.8 Å². The maximum absolute atomic E-state index is 12.4. The first kappa shape index (κ1) is 19.5. The van der Waals surface area contributed by atoms with E-state index in [0.717, 1.165) is 22.2 Å². The molecule has 0 atom stereocenters. The van der Waals surface area contributed by atoms with Crippen molar-refractivity contribution in [1.82, 2.24) is 20.2 Å². The summed E-state index contributed by atoms with van der Waals surface area (Å²) in [6.45, 7) is 3.74. The molecule has 0 bridgehead atoms. The maximum atomic E-state index is 12.4. The van der Waals surface area contributed by atoms with E-state index in [9.17, 15) is 9.59 Å². The Morgan fingerprint density at radius 3 is 2.73 bits per heavy atom. The van der Waals surface area contributed by atoms with Gasteiger partial charge in [-0.3, -0.25) is 4.79 Å². The zero-order valence-corrected chi connectivity index (χ0v) is 16.7. The molecule has 8 nitrogen and oxygen atoms in total. The number of para-hydroxylation sites is 1. The molecule has 152 valence electrons. The Bertz CT molecular complexity index is 1260. The van der Waals surface area contributed by atoms with Crippen LogP contribution in [-0.2, 0) is 22.6 Å². The number of carbonyl (C=O) groups excluding carboxylic acids is 1. The van der Waals surface area contributed by atoms with Crippen molar-refractivity contribution in [2.45, 2.75) is 33.3 Å². The summed E-state index contributed by atoms with van der Waals surface area (Å²) >= 11 is 0. The molecule has 0 unspecified atom stereocenters. The van der Waals surface area contributed by atoms with Crippen LogP contribution in [0.25, 0.3) is 16.7 Å². The number of aromatic nitrogens is 4. The summed E-state index contributed by atoms with van der Waals surface area (Å²) in [6.07, 6.45) is 0.288. The third-order valence-electron chi connectivity index (χ3n) is 4.92. The van der Waals surface area contributed by atoms with Crippen LogP contribution in [0.3, 0.4) is 0 Å². The number of nitrogens with zero attached hydrogens (tertiary/aromatic N) is 4. The minimum Gasteiger partial charge on any atom is -0.457 e. The molecular weight excluding hydrogens is 384 g/mol. The fourth-order valence-corrected chi connectivity index (χ4v) is 3.30. The lowest BCUT2D eigenvalue weighted by Gasteiger charge is -2.09. The summed E-state index contributed by atoms with van der Waals surface area (Å²) in [4.78, 5) is 24.6. The number of aryl methyl sites for hydroxylation is 2. The summed E-state index contributed by atoms with van der Waals surface area (Å²) in [5, 5.41) is 12.4. The van der Waals surface area contributed by atoms with E-state index in [4.69, 9.17) is 9.15 Å². The van der Waals surface area contributed by atoms with Crippen molar-refractivity contribution in [3.63, 3.8) is 0 Å². The largest absolute Gasteiger partial charge is 0.457 e. The lowest BCUT2D eigenvalue weighted by Crippen LogP contribution is -2.14. The molecule has 2 heterocycles. The molecule has 2 aromatic carbocycles. The molecule has 0 spiro atoms. The van der Waals surface area contributed by atoms with E-state index in [1.54, 1.807) is 0 Å². The monoisotopic (exact) mass is 404 g/mol. The Hall–Kier alpha value is -3.81. The van der Waals surface area contributed by atoms with Gasteiger partial charge in [0.1, 0.15) is 5.58 Å². The predicted molar refractivity (Wildman–Crippen MR) is 109 cm³/mol. The molecule has 4 aromatic rings. The first-order chi connectivity index (χ1) is 14.5. The number of esters is 1. The van der Waals surface area contributed by atoms with Gasteiger partial charge >= 0.3 is 11.6 Å². The molecular formula is C22H20N4O4. The fourth-order valence-electron chi connectivity index (χ4n) is 3.30. The molecule has 0 aliphatic heterocycles. The van der Waals surface area contributed by atoms with Crippen molar-refractivity contribution in [2.75, 3.05) is 0 Å². The minimum absolute atomic E-state index is 0.0515. The smallest absolute Gasteiger partial charge is 0.339 e. The van der Waals surface area contributed by atoms with E-state index in [2.05, 4.69) is 15.5 Å². The van der Waals surface area contributed by atoms with Gasteiger partial charge in [-0.25, -0.2) is 4.79 Å². The highest BCUT2D eigenvalue weighted by Gasteiger charge is 2.15. The van der Waals surface area contributed by atoms with Gasteiger partial charge in [-0.2, -0.15) is 4.68 Å². The second-order valence-corrected chi connectivity index (χ2v) is 7.00. The van der Waals surface area contributed by atoms with Crippen molar-refractivity contribution >= 4 is 16.9 Å². The zero-order valence-electron chi connectivity index (χ0n) is 16.7. The van der Waals surface area contributed by atoms with Crippen LogP contribution in [0.5, 0.6) is 0 Å². The van der Waals surface area contributed by atoms with Gasteiger partial charge in [-0.1, -0.05) is 30.3 Å². The zero-order chi connectivity index (χ0) is 21.1. The van der Waals surface area contributed by atoms with Gasteiger partial charge in [-0.05, 0) is 60.0 Å². The van der Waals surface area contributed by atoms with Crippen molar-refractivity contribution < 1.29 is 13.9 Å². The van der Waals surface area contributed by atoms with E-state index in [0.29, 0.717) is 17.0 Å². The number of fused-ring (bicyclic) bond motifs is 1. The van der Waals surface area contributed by atoms with Crippen LogP contribution in [0.15, 0.2) is 57.7 Å². The summed E-state index contributed by atoms with van der Waals surface area (Å²) in [6, 6.07) is 15.0. The molecule has 30 heavy (non-hydrogen) atoms. The number of benzene rings is 2. The van der Waals surface area contributed by atoms with Crippen molar-refractivity contribution in [2.24, 2.45) is 0 Å². The van der Waals surface area contributed by atoms with Crippen LogP contribution >= 0.6 is 0 Å². The Kier molecular flexibility index (Phi) is 5.38. The van der Waals surface area contributed by atoms with Crippen molar-refractivity contribution in [3.05, 3.63) is 81.5 Å². The molecule has 0 saturated heterocycles. The number of hydrogen-bond donors (Lipinski definition) is 0. The topological polar surface area (TPSA) is 100 Å². The number of rotatable bonds is 6. The van der Waals surface area contributed by atoms with Crippen molar-refractivity contribution in [1.29, 1.82) is 0 Å². The number of tetrazole rings is 1. The molecule has 0 amide bonds. The average Bonchev–Trinajstić information content (AvgIpc) is 3.21. The molecule has 2 aromatic heterocycles. The SMILES string of the molecule is Cc1ccc2c(C)c(CCC(=O)OCc3nnnn3-c3ccccc3)c(=O)oc2c1. The standard InChI is InChI=1S/C22H20N4O4/c1-14-8-9-17-15(2)18(22(28)30-19(17)12-14)10-11-21(27)29-13-20-23-24-25-26(20)16-6-4-3-5-7-16/h3-9,12H,10-11,13H2,1-2H3. The third-order valence-corrected chi connectivity index (χ3v) is 4.92. The molecule has 0 radical (unpaired) electrons. The van der Waals surface area contributed by atoms with E-state index in [1.807, 2.05) is 62.4 Å². The number of ether oxygens (including phenoxy) is 1. The average molecular weight is 404 g/mol. The molecule has 0 fully saturated rings. The Morgan fingerprint density at radius 2 is 1.93 bits per heavy atom. The quantitative estimate of drug-likeness (QED) is 0.360. The third kappa shape index (κ3) is 3.98. The molecule has 0 N–H and O–H groups in total. The van der Waals surface area contributed by atoms with Crippen LogP contribution < -0.4 is 5.63 Å². The number of carbonyl (C=O) groups is 1. The van der Waals surface area contributed by atoms with Gasteiger partial charge in [0.2, 0.25) is 0 Å². The summed E-state index contributed by atoms with van der Waals surface area (Å²) in [5.74, 6) is -0.0354. The lowest BCUT2D eigenvalue weighted by molar-refractivity contribution is -0.145. The molecule has 0 saturated carbocycles. The van der Waals surface area contributed by atoms with Crippen LogP contribution in [0.2, 0.25) is 0 Å². The normalized spacial score (nSPS) is 11.0. The van der Waals surface area contributed by atoms with E-state index < -0.39 is 11.6 Å². The fraction of sp³-hybridized carbons (Fsp3) is 0.227. The Balaban J connectivity index is 1.42. The van der Waals surface area contributed by atoms with Gasteiger partial charge in [0.05, 0.1) is 5.69 Å². The first-order valence-corrected chi connectivity index (χ1v) is 9.54.